The Hall–Kier alpha value is -2.60. The fraction of sp³-hybridized carbons (Fsp3) is 0.118. The molecule has 2 aromatic rings. The molecule has 0 saturated carbocycles. The molecule has 0 fully saturated rings. The van der Waals surface area contributed by atoms with Crippen molar-refractivity contribution in [2.75, 3.05) is 4.72 Å². The first-order valence-electron chi connectivity index (χ1n) is 7.04. The summed E-state index contributed by atoms with van der Waals surface area (Å²) in [6, 6.07) is 13.2. The zero-order chi connectivity index (χ0) is 16.9. The van der Waals surface area contributed by atoms with Gasteiger partial charge in [0.15, 0.2) is 0 Å². The van der Waals surface area contributed by atoms with Gasteiger partial charge in [-0.1, -0.05) is 37.3 Å². The largest absolute Gasteiger partial charge is 0.478 e. The average molecular weight is 331 g/mol. The molecule has 0 unspecified atom stereocenters. The maximum Gasteiger partial charge on any atom is 0.328 e. The van der Waals surface area contributed by atoms with Gasteiger partial charge in [0, 0.05) is 6.08 Å². The van der Waals surface area contributed by atoms with Crippen molar-refractivity contribution in [3.63, 3.8) is 0 Å². The molecule has 0 spiro atoms. The Kier molecular flexibility index (Phi) is 5.18. The normalized spacial score (nSPS) is 11.5. The van der Waals surface area contributed by atoms with E-state index in [4.69, 9.17) is 5.11 Å². The summed E-state index contributed by atoms with van der Waals surface area (Å²) < 4.78 is 27.4. The van der Waals surface area contributed by atoms with Crippen molar-refractivity contribution < 1.29 is 18.3 Å². The molecule has 2 N–H and O–H groups in total. The monoisotopic (exact) mass is 331 g/mol. The van der Waals surface area contributed by atoms with Crippen LogP contribution in [0.5, 0.6) is 0 Å². The number of hydrogen-bond acceptors (Lipinski definition) is 3. The van der Waals surface area contributed by atoms with Gasteiger partial charge in [-0.05, 0) is 41.8 Å². The van der Waals surface area contributed by atoms with E-state index in [1.54, 1.807) is 24.3 Å². The Labute approximate surface area is 135 Å². The van der Waals surface area contributed by atoms with Crippen LogP contribution in [0.1, 0.15) is 18.1 Å². The molecular weight excluding hydrogens is 314 g/mol. The second-order valence-corrected chi connectivity index (χ2v) is 6.54. The summed E-state index contributed by atoms with van der Waals surface area (Å²) in [7, 11) is -3.68. The maximum atomic E-state index is 12.4. The number of aryl methyl sites for hydroxylation is 1. The SMILES string of the molecule is CCc1ccccc1NS(=O)(=O)c1ccc(C=CC(=O)O)cc1. The fourth-order valence-corrected chi connectivity index (χ4v) is 3.16. The van der Waals surface area contributed by atoms with Crippen LogP contribution >= 0.6 is 0 Å². The maximum absolute atomic E-state index is 12.4. The smallest absolute Gasteiger partial charge is 0.328 e. The highest BCUT2D eigenvalue weighted by Gasteiger charge is 2.15. The topological polar surface area (TPSA) is 83.5 Å². The van der Waals surface area contributed by atoms with Crippen molar-refractivity contribution in [2.45, 2.75) is 18.2 Å². The summed E-state index contributed by atoms with van der Waals surface area (Å²) >= 11 is 0. The number of sulfonamides is 1. The summed E-state index contributed by atoms with van der Waals surface area (Å²) in [5, 5.41) is 8.58. The van der Waals surface area contributed by atoms with Crippen molar-refractivity contribution >= 4 is 27.8 Å². The van der Waals surface area contributed by atoms with E-state index >= 15 is 0 Å². The Morgan fingerprint density at radius 2 is 1.78 bits per heavy atom. The number of benzene rings is 2. The van der Waals surface area contributed by atoms with Crippen molar-refractivity contribution in [2.24, 2.45) is 0 Å². The molecule has 0 bridgehead atoms. The van der Waals surface area contributed by atoms with E-state index in [-0.39, 0.29) is 4.90 Å². The number of rotatable bonds is 6. The molecule has 6 heteroatoms. The highest BCUT2D eigenvalue weighted by atomic mass is 32.2. The molecule has 120 valence electrons. The van der Waals surface area contributed by atoms with Crippen LogP contribution < -0.4 is 4.72 Å². The van der Waals surface area contributed by atoms with Crippen LogP contribution in [-0.4, -0.2) is 19.5 Å². The highest BCUT2D eigenvalue weighted by molar-refractivity contribution is 7.92. The first-order chi connectivity index (χ1) is 10.9. The van der Waals surface area contributed by atoms with E-state index in [1.807, 2.05) is 19.1 Å². The zero-order valence-electron chi connectivity index (χ0n) is 12.6. The van der Waals surface area contributed by atoms with Gasteiger partial charge in [-0.2, -0.15) is 0 Å². The summed E-state index contributed by atoms with van der Waals surface area (Å²) in [5.41, 5.74) is 2.09. The quantitative estimate of drug-likeness (QED) is 0.797. The molecule has 23 heavy (non-hydrogen) atoms. The van der Waals surface area contributed by atoms with Gasteiger partial charge in [-0.15, -0.1) is 0 Å². The van der Waals surface area contributed by atoms with Crippen molar-refractivity contribution in [3.8, 4) is 0 Å². The molecule has 0 heterocycles. The number of carbonyl (C=O) groups is 1. The minimum atomic E-state index is -3.68. The summed E-state index contributed by atoms with van der Waals surface area (Å²) in [6.45, 7) is 1.96. The standard InChI is InChI=1S/C17H17NO4S/c1-2-14-5-3-4-6-16(14)18-23(21,22)15-10-7-13(8-11-15)9-12-17(19)20/h3-12,18H,2H2,1H3,(H,19,20). The third kappa shape index (κ3) is 4.43. The van der Waals surface area contributed by atoms with E-state index in [1.165, 1.54) is 18.2 Å². The first-order valence-corrected chi connectivity index (χ1v) is 8.52. The summed E-state index contributed by atoms with van der Waals surface area (Å²) in [6.07, 6.45) is 3.12. The summed E-state index contributed by atoms with van der Waals surface area (Å²) in [4.78, 5) is 10.6. The number of anilines is 1. The van der Waals surface area contributed by atoms with Crippen molar-refractivity contribution in [3.05, 3.63) is 65.7 Å². The number of carboxylic acid groups (broad SMARTS) is 1. The third-order valence-electron chi connectivity index (χ3n) is 3.25. The van der Waals surface area contributed by atoms with Gasteiger partial charge < -0.3 is 5.11 Å². The predicted molar refractivity (Wildman–Crippen MR) is 89.7 cm³/mol. The van der Waals surface area contributed by atoms with Gasteiger partial charge in [0.25, 0.3) is 10.0 Å². The summed E-state index contributed by atoms with van der Waals surface area (Å²) in [5.74, 6) is -1.06. The molecule has 0 aliphatic carbocycles. The molecule has 2 rings (SSSR count). The Balaban J connectivity index is 2.24. The van der Waals surface area contributed by atoms with Gasteiger partial charge in [-0.25, -0.2) is 13.2 Å². The Bertz CT molecular complexity index is 824. The molecular formula is C17H17NO4S. The first kappa shape index (κ1) is 16.8. The minimum Gasteiger partial charge on any atom is -0.478 e. The van der Waals surface area contributed by atoms with Gasteiger partial charge in [-0.3, -0.25) is 4.72 Å². The van der Waals surface area contributed by atoms with Gasteiger partial charge in [0.1, 0.15) is 0 Å². The lowest BCUT2D eigenvalue weighted by Gasteiger charge is -2.11. The van der Waals surface area contributed by atoms with Crippen LogP contribution in [-0.2, 0) is 21.2 Å². The van der Waals surface area contributed by atoms with Gasteiger partial charge in [0.2, 0.25) is 0 Å². The van der Waals surface area contributed by atoms with Crippen LogP contribution in [0.15, 0.2) is 59.5 Å². The third-order valence-corrected chi connectivity index (χ3v) is 4.63. The molecule has 0 aliphatic rings. The molecule has 0 atom stereocenters. The predicted octanol–water partition coefficient (Wildman–Crippen LogP) is 3.15. The molecule has 0 aliphatic heterocycles. The van der Waals surface area contributed by atoms with E-state index < -0.39 is 16.0 Å². The van der Waals surface area contributed by atoms with Crippen LogP contribution in [0.3, 0.4) is 0 Å². The molecule has 5 nitrogen and oxygen atoms in total. The minimum absolute atomic E-state index is 0.121. The van der Waals surface area contributed by atoms with Crippen LogP contribution in [0, 0.1) is 0 Å². The van der Waals surface area contributed by atoms with Crippen LogP contribution in [0.25, 0.3) is 6.08 Å². The lowest BCUT2D eigenvalue weighted by molar-refractivity contribution is -0.131. The number of para-hydroxylation sites is 1. The number of aliphatic carboxylic acids is 1. The van der Waals surface area contributed by atoms with Crippen molar-refractivity contribution in [1.82, 2.24) is 0 Å². The van der Waals surface area contributed by atoms with Crippen LogP contribution in [0.2, 0.25) is 0 Å². The number of nitrogens with one attached hydrogen (secondary N) is 1. The van der Waals surface area contributed by atoms with E-state index in [9.17, 15) is 13.2 Å². The highest BCUT2D eigenvalue weighted by Crippen LogP contribution is 2.21. The molecule has 2 aromatic carbocycles. The fourth-order valence-electron chi connectivity index (χ4n) is 2.06. The number of hydrogen-bond donors (Lipinski definition) is 2. The van der Waals surface area contributed by atoms with Gasteiger partial charge in [0.05, 0.1) is 10.6 Å². The lowest BCUT2D eigenvalue weighted by Crippen LogP contribution is -2.14. The van der Waals surface area contributed by atoms with E-state index in [0.29, 0.717) is 11.3 Å². The van der Waals surface area contributed by atoms with Gasteiger partial charge >= 0.3 is 5.97 Å². The molecule has 0 saturated heterocycles. The number of carboxylic acids is 1. The van der Waals surface area contributed by atoms with Crippen LogP contribution in [0.4, 0.5) is 5.69 Å². The molecule has 0 aromatic heterocycles. The van der Waals surface area contributed by atoms with E-state index in [2.05, 4.69) is 4.72 Å². The molecule has 0 amide bonds. The Morgan fingerprint density at radius 1 is 1.13 bits per heavy atom. The second-order valence-electron chi connectivity index (χ2n) is 4.86. The van der Waals surface area contributed by atoms with Crippen molar-refractivity contribution in [1.29, 1.82) is 0 Å². The van der Waals surface area contributed by atoms with E-state index in [0.717, 1.165) is 18.1 Å². The molecule has 0 radical (unpaired) electrons. The second kappa shape index (κ2) is 7.11. The lowest BCUT2D eigenvalue weighted by atomic mass is 10.1. The average Bonchev–Trinajstić information content (AvgIpc) is 2.53. The zero-order valence-corrected chi connectivity index (χ0v) is 13.4. The Morgan fingerprint density at radius 3 is 2.39 bits per heavy atom.